The predicted octanol–water partition coefficient (Wildman–Crippen LogP) is 3.95. The summed E-state index contributed by atoms with van der Waals surface area (Å²) in [7, 11) is 0. The molecule has 2 fully saturated rings. The maximum Gasteiger partial charge on any atom is 0.433 e. The van der Waals surface area contributed by atoms with Crippen LogP contribution in [0.1, 0.15) is 61.5 Å². The number of aromatic nitrogens is 3. The lowest BCUT2D eigenvalue weighted by molar-refractivity contribution is -0.142. The van der Waals surface area contributed by atoms with Gasteiger partial charge in [0.25, 0.3) is 0 Å². The number of carbonyl (C=O) groups is 1. The molecule has 2 aromatic rings. The van der Waals surface area contributed by atoms with Crippen LogP contribution in [0.3, 0.4) is 0 Å². The number of hydrogen-bond donors (Lipinski definition) is 0. The lowest BCUT2D eigenvalue weighted by Gasteiger charge is -2.33. The molecule has 1 aliphatic carbocycles. The number of likely N-dealkylation sites (tertiary alicyclic amines) is 1. The first-order valence-corrected chi connectivity index (χ1v) is 9.56. The van der Waals surface area contributed by atoms with Gasteiger partial charge >= 0.3 is 6.18 Å². The molecule has 27 heavy (non-hydrogen) atoms. The minimum absolute atomic E-state index is 0.0489. The Balaban J connectivity index is 1.61. The van der Waals surface area contributed by atoms with Gasteiger partial charge in [-0.1, -0.05) is 12.8 Å². The van der Waals surface area contributed by atoms with Gasteiger partial charge in [-0.3, -0.25) is 4.79 Å². The zero-order chi connectivity index (χ0) is 19.2. The first-order valence-electron chi connectivity index (χ1n) is 9.56. The Morgan fingerprint density at radius 1 is 1.15 bits per heavy atom. The summed E-state index contributed by atoms with van der Waals surface area (Å²) in [6.07, 6.45) is 1.27. The third-order valence-electron chi connectivity index (χ3n) is 5.72. The third kappa shape index (κ3) is 3.53. The van der Waals surface area contributed by atoms with Gasteiger partial charge in [0.05, 0.1) is 5.69 Å². The van der Waals surface area contributed by atoms with Crippen LogP contribution in [-0.4, -0.2) is 38.5 Å². The van der Waals surface area contributed by atoms with Crippen molar-refractivity contribution in [2.75, 3.05) is 13.1 Å². The van der Waals surface area contributed by atoms with E-state index in [0.717, 1.165) is 55.7 Å². The second kappa shape index (κ2) is 6.80. The summed E-state index contributed by atoms with van der Waals surface area (Å²) < 4.78 is 40.9. The lowest BCUT2D eigenvalue weighted by Crippen LogP contribution is -2.41. The zero-order valence-corrected chi connectivity index (χ0v) is 15.3. The topological polar surface area (TPSA) is 50.5 Å². The molecule has 146 valence electrons. The molecule has 2 aliphatic rings. The number of fused-ring (bicyclic) bond motifs is 1. The van der Waals surface area contributed by atoms with Gasteiger partial charge in [-0.2, -0.15) is 18.3 Å². The number of amides is 1. The van der Waals surface area contributed by atoms with Crippen LogP contribution >= 0.6 is 0 Å². The van der Waals surface area contributed by atoms with E-state index >= 15 is 0 Å². The standard InChI is InChI=1S/C19H23F3N4O/c1-12-9-16(19(20,21)22)26-17(23-12)10-15(24-26)14-7-4-8-25(11-14)18(27)13-5-2-3-6-13/h9-10,13-14H,2-8,11H2,1H3. The molecule has 0 radical (unpaired) electrons. The van der Waals surface area contributed by atoms with Crippen LogP contribution in [0.2, 0.25) is 0 Å². The monoisotopic (exact) mass is 380 g/mol. The summed E-state index contributed by atoms with van der Waals surface area (Å²) in [4.78, 5) is 18.8. The highest BCUT2D eigenvalue weighted by Gasteiger charge is 2.36. The number of piperidine rings is 1. The van der Waals surface area contributed by atoms with E-state index < -0.39 is 11.9 Å². The van der Waals surface area contributed by atoms with E-state index in [0.29, 0.717) is 17.9 Å². The molecule has 1 amide bonds. The number of halogens is 3. The van der Waals surface area contributed by atoms with Crippen LogP contribution in [0.15, 0.2) is 12.1 Å². The van der Waals surface area contributed by atoms with Crippen molar-refractivity contribution in [2.24, 2.45) is 5.92 Å². The minimum Gasteiger partial charge on any atom is -0.342 e. The highest BCUT2D eigenvalue weighted by molar-refractivity contribution is 5.79. The van der Waals surface area contributed by atoms with Crippen molar-refractivity contribution in [3.63, 3.8) is 0 Å². The maximum atomic E-state index is 13.3. The maximum absolute atomic E-state index is 13.3. The van der Waals surface area contributed by atoms with Crippen molar-refractivity contribution >= 4 is 11.6 Å². The molecule has 4 rings (SSSR count). The highest BCUT2D eigenvalue weighted by atomic mass is 19.4. The van der Waals surface area contributed by atoms with Gasteiger partial charge in [0.15, 0.2) is 5.65 Å². The van der Waals surface area contributed by atoms with Crippen LogP contribution in [0, 0.1) is 12.8 Å². The quantitative estimate of drug-likeness (QED) is 0.793. The van der Waals surface area contributed by atoms with Crippen molar-refractivity contribution in [1.82, 2.24) is 19.5 Å². The molecule has 3 heterocycles. The van der Waals surface area contributed by atoms with Gasteiger partial charge in [0.2, 0.25) is 5.91 Å². The fourth-order valence-corrected chi connectivity index (χ4v) is 4.37. The van der Waals surface area contributed by atoms with Crippen LogP contribution in [0.25, 0.3) is 5.65 Å². The lowest BCUT2D eigenvalue weighted by atomic mass is 9.93. The largest absolute Gasteiger partial charge is 0.433 e. The smallest absolute Gasteiger partial charge is 0.342 e. The van der Waals surface area contributed by atoms with Crippen molar-refractivity contribution in [1.29, 1.82) is 0 Å². The van der Waals surface area contributed by atoms with Crippen molar-refractivity contribution in [3.05, 3.63) is 29.2 Å². The second-order valence-corrected chi connectivity index (χ2v) is 7.72. The summed E-state index contributed by atoms with van der Waals surface area (Å²) in [6, 6.07) is 2.65. The Labute approximate surface area is 155 Å². The molecule has 0 N–H and O–H groups in total. The van der Waals surface area contributed by atoms with Crippen LogP contribution < -0.4 is 0 Å². The van der Waals surface area contributed by atoms with Gasteiger partial charge < -0.3 is 4.90 Å². The Bertz CT molecular complexity index is 854. The number of alkyl halides is 3. The van der Waals surface area contributed by atoms with Crippen molar-refractivity contribution in [3.8, 4) is 0 Å². The molecule has 1 saturated carbocycles. The first kappa shape index (κ1) is 18.3. The SMILES string of the molecule is Cc1cc(C(F)(F)F)n2nc(C3CCCN(C(=O)C4CCCC4)C3)cc2n1. The van der Waals surface area contributed by atoms with Gasteiger partial charge in [-0.05, 0) is 38.7 Å². The van der Waals surface area contributed by atoms with E-state index in [1.807, 2.05) is 4.90 Å². The van der Waals surface area contributed by atoms with Crippen LogP contribution in [0.5, 0.6) is 0 Å². The second-order valence-electron chi connectivity index (χ2n) is 7.72. The van der Waals surface area contributed by atoms with Crippen LogP contribution in [-0.2, 0) is 11.0 Å². The molecule has 1 atom stereocenters. The van der Waals surface area contributed by atoms with E-state index in [2.05, 4.69) is 10.1 Å². The predicted molar refractivity (Wildman–Crippen MR) is 93.2 cm³/mol. The Hall–Kier alpha value is -2.12. The molecule has 1 aliphatic heterocycles. The number of rotatable bonds is 2. The Kier molecular flexibility index (Phi) is 4.60. The summed E-state index contributed by atoms with van der Waals surface area (Å²) in [5.41, 5.74) is 0.285. The summed E-state index contributed by atoms with van der Waals surface area (Å²) in [5.74, 6) is 0.268. The van der Waals surface area contributed by atoms with Crippen LogP contribution in [0.4, 0.5) is 13.2 Å². The van der Waals surface area contributed by atoms with Gasteiger partial charge in [0.1, 0.15) is 5.69 Å². The fourth-order valence-electron chi connectivity index (χ4n) is 4.37. The van der Waals surface area contributed by atoms with E-state index in [9.17, 15) is 18.0 Å². The molecule has 0 aromatic carbocycles. The number of aryl methyl sites for hydroxylation is 1. The van der Waals surface area contributed by atoms with Gasteiger partial charge in [-0.15, -0.1) is 0 Å². The molecule has 2 aromatic heterocycles. The third-order valence-corrected chi connectivity index (χ3v) is 5.72. The molecule has 5 nitrogen and oxygen atoms in total. The van der Waals surface area contributed by atoms with Gasteiger partial charge in [-0.25, -0.2) is 9.50 Å². The van der Waals surface area contributed by atoms with Gasteiger partial charge in [0, 0.05) is 36.7 Å². The highest BCUT2D eigenvalue weighted by Crippen LogP contribution is 2.33. The average Bonchev–Trinajstić information content (AvgIpc) is 3.29. The average molecular weight is 380 g/mol. The molecular formula is C19H23F3N4O. The number of nitrogens with zero attached hydrogens (tertiary/aromatic N) is 4. The normalized spacial score (nSPS) is 21.9. The summed E-state index contributed by atoms with van der Waals surface area (Å²) in [5, 5.41) is 4.23. The molecular weight excluding hydrogens is 357 g/mol. The Morgan fingerprint density at radius 3 is 2.59 bits per heavy atom. The molecule has 0 spiro atoms. The molecule has 1 unspecified atom stereocenters. The Morgan fingerprint density at radius 2 is 1.89 bits per heavy atom. The summed E-state index contributed by atoms with van der Waals surface area (Å²) >= 11 is 0. The van der Waals surface area contributed by atoms with E-state index in [1.165, 1.54) is 0 Å². The number of hydrogen-bond acceptors (Lipinski definition) is 3. The fraction of sp³-hybridized carbons (Fsp3) is 0.632. The van der Waals surface area contributed by atoms with E-state index in [-0.39, 0.29) is 23.4 Å². The van der Waals surface area contributed by atoms with E-state index in [4.69, 9.17) is 0 Å². The number of carbonyl (C=O) groups excluding carboxylic acids is 1. The molecule has 1 saturated heterocycles. The minimum atomic E-state index is -4.49. The van der Waals surface area contributed by atoms with Crippen molar-refractivity contribution < 1.29 is 18.0 Å². The first-order chi connectivity index (χ1) is 12.8. The summed E-state index contributed by atoms with van der Waals surface area (Å²) in [6.45, 7) is 2.80. The van der Waals surface area contributed by atoms with E-state index in [1.54, 1.807) is 13.0 Å². The van der Waals surface area contributed by atoms with Crippen molar-refractivity contribution in [2.45, 2.75) is 57.5 Å². The zero-order valence-electron chi connectivity index (χ0n) is 15.3. The molecule has 8 heteroatoms. The molecule has 0 bridgehead atoms.